The molecule has 1 unspecified atom stereocenters. The molecule has 0 amide bonds. The Morgan fingerprint density at radius 2 is 2.03 bits per heavy atom. The quantitative estimate of drug-likeness (QED) is 0.495. The summed E-state index contributed by atoms with van der Waals surface area (Å²) in [5, 5.41) is 1.21. The number of hydrogen-bond acceptors (Lipinski definition) is 2. The highest BCUT2D eigenvalue weighted by molar-refractivity contribution is 5.92. The maximum atomic E-state index is 14.7. The van der Waals surface area contributed by atoms with Gasteiger partial charge in [-0.15, -0.1) is 0 Å². The largest absolute Gasteiger partial charge is 0.335 e. The average molecular weight is 415 g/mol. The first-order valence-electron chi connectivity index (χ1n) is 11.5. The topological polar surface area (TPSA) is 16.1 Å². The zero-order valence-corrected chi connectivity index (χ0v) is 19.3. The van der Waals surface area contributed by atoms with E-state index in [-0.39, 0.29) is 5.82 Å². The molecule has 1 aromatic heterocycles. The number of pyridine rings is 1. The number of hydrogen-bond donors (Lipinski definition) is 0. The molecule has 2 aromatic rings. The summed E-state index contributed by atoms with van der Waals surface area (Å²) in [5.41, 5.74) is 12.8. The molecule has 3 heteroatoms. The monoisotopic (exact) mass is 414 g/mol. The third kappa shape index (κ3) is 2.78. The number of nitrogens with zero attached hydrogens (tertiary/aromatic N) is 2. The minimum Gasteiger partial charge on any atom is -0.335 e. The summed E-state index contributed by atoms with van der Waals surface area (Å²) < 4.78 is 14.7. The van der Waals surface area contributed by atoms with E-state index in [9.17, 15) is 4.39 Å². The van der Waals surface area contributed by atoms with Gasteiger partial charge in [0.05, 0.1) is 23.5 Å². The van der Waals surface area contributed by atoms with E-state index in [0.29, 0.717) is 5.92 Å². The van der Waals surface area contributed by atoms with E-state index in [2.05, 4.69) is 51.3 Å². The Morgan fingerprint density at radius 3 is 2.74 bits per heavy atom. The second-order valence-corrected chi connectivity index (χ2v) is 9.23. The summed E-state index contributed by atoms with van der Waals surface area (Å²) in [6.45, 7) is 16.0. The molecule has 1 aromatic carbocycles. The molecule has 5 rings (SSSR count). The van der Waals surface area contributed by atoms with Crippen LogP contribution in [0.3, 0.4) is 0 Å². The van der Waals surface area contributed by atoms with Crippen molar-refractivity contribution in [2.24, 2.45) is 5.92 Å². The highest BCUT2D eigenvalue weighted by atomic mass is 19.1. The fraction of sp³-hybridized carbons (Fsp3) is 0.393. The molecule has 0 fully saturated rings. The predicted molar refractivity (Wildman–Crippen MR) is 127 cm³/mol. The molecule has 0 bridgehead atoms. The van der Waals surface area contributed by atoms with Crippen molar-refractivity contribution in [3.63, 3.8) is 0 Å². The fourth-order valence-corrected chi connectivity index (χ4v) is 5.72. The standard InChI is InChI=1S/C28H31FN2/c1-7-15(3)16(4)22-12-26-28-23(14-31(26)18(6)19(22)8-2)21-11-9-10-20-17(5)24(29)13-25(30-28)27(20)21/h7,12-13,16H,6,8-11,14H2,1-5H3/b15-7-. The lowest BCUT2D eigenvalue weighted by molar-refractivity contribution is 0.502. The van der Waals surface area contributed by atoms with Gasteiger partial charge in [0.1, 0.15) is 5.82 Å². The van der Waals surface area contributed by atoms with Gasteiger partial charge in [0.2, 0.25) is 0 Å². The molecule has 0 saturated heterocycles. The van der Waals surface area contributed by atoms with Crippen LogP contribution in [0, 0.1) is 18.7 Å². The van der Waals surface area contributed by atoms with Crippen molar-refractivity contribution in [3.05, 3.63) is 81.0 Å². The van der Waals surface area contributed by atoms with Crippen LogP contribution < -0.4 is 0 Å². The number of benzene rings is 1. The Morgan fingerprint density at radius 1 is 1.29 bits per heavy atom. The third-order valence-corrected chi connectivity index (χ3v) is 7.79. The molecule has 2 nitrogen and oxygen atoms in total. The minimum absolute atomic E-state index is 0.133. The van der Waals surface area contributed by atoms with Crippen LogP contribution in [0.25, 0.3) is 16.6 Å². The second kappa shape index (κ2) is 7.19. The van der Waals surface area contributed by atoms with E-state index in [1.165, 1.54) is 33.2 Å². The van der Waals surface area contributed by atoms with E-state index in [4.69, 9.17) is 4.98 Å². The van der Waals surface area contributed by atoms with Crippen molar-refractivity contribution in [1.82, 2.24) is 9.88 Å². The highest BCUT2D eigenvalue weighted by Crippen LogP contribution is 2.47. The Labute approximate surface area is 184 Å². The SMILES string of the molecule is C=C1C(CC)=C(C(C)/C(C)=C\C)C=C2c3nc4cc(F)c(C)c5c4c(c3CN12)CCC5. The highest BCUT2D eigenvalue weighted by Gasteiger charge is 2.36. The molecule has 0 N–H and O–H groups in total. The first-order valence-corrected chi connectivity index (χ1v) is 11.5. The summed E-state index contributed by atoms with van der Waals surface area (Å²) in [5.74, 6) is 0.201. The van der Waals surface area contributed by atoms with Crippen LogP contribution in [-0.4, -0.2) is 9.88 Å². The zero-order chi connectivity index (χ0) is 22.0. The average Bonchev–Trinajstić information content (AvgIpc) is 3.15. The van der Waals surface area contributed by atoms with E-state index >= 15 is 0 Å². The lowest BCUT2D eigenvalue weighted by Crippen LogP contribution is -2.22. The van der Waals surface area contributed by atoms with Gasteiger partial charge in [0.25, 0.3) is 0 Å². The Bertz CT molecular complexity index is 1240. The second-order valence-electron chi connectivity index (χ2n) is 9.23. The molecule has 31 heavy (non-hydrogen) atoms. The molecular weight excluding hydrogens is 383 g/mol. The Kier molecular flexibility index (Phi) is 4.69. The number of rotatable bonds is 3. The summed E-state index contributed by atoms with van der Waals surface area (Å²) in [4.78, 5) is 7.40. The number of allylic oxidation sites excluding steroid dienone is 5. The molecule has 3 aliphatic rings. The first-order chi connectivity index (χ1) is 14.9. The summed E-state index contributed by atoms with van der Waals surface area (Å²) >= 11 is 0. The molecule has 3 heterocycles. The van der Waals surface area contributed by atoms with Gasteiger partial charge in [-0.1, -0.05) is 32.1 Å². The van der Waals surface area contributed by atoms with Crippen molar-refractivity contribution in [1.29, 1.82) is 0 Å². The zero-order valence-electron chi connectivity index (χ0n) is 19.3. The maximum Gasteiger partial charge on any atom is 0.128 e. The van der Waals surface area contributed by atoms with Crippen LogP contribution in [0.1, 0.15) is 68.5 Å². The van der Waals surface area contributed by atoms with Gasteiger partial charge in [-0.25, -0.2) is 9.37 Å². The van der Waals surface area contributed by atoms with Gasteiger partial charge in [0.15, 0.2) is 0 Å². The molecule has 1 atom stereocenters. The molecule has 0 radical (unpaired) electrons. The third-order valence-electron chi connectivity index (χ3n) is 7.79. The van der Waals surface area contributed by atoms with E-state index in [1.54, 1.807) is 6.07 Å². The molecular formula is C28H31FN2. The number of aromatic nitrogens is 1. The van der Waals surface area contributed by atoms with Gasteiger partial charge in [-0.3, -0.25) is 0 Å². The normalized spacial score (nSPS) is 19.0. The number of halogens is 1. The molecule has 2 aliphatic heterocycles. The van der Waals surface area contributed by atoms with Crippen molar-refractivity contribution < 1.29 is 4.39 Å². The van der Waals surface area contributed by atoms with Crippen molar-refractivity contribution in [2.45, 2.75) is 66.8 Å². The van der Waals surface area contributed by atoms with E-state index in [1.807, 2.05) is 6.92 Å². The molecule has 0 saturated carbocycles. The fourth-order valence-electron chi connectivity index (χ4n) is 5.72. The van der Waals surface area contributed by atoms with Crippen LogP contribution in [0.15, 0.2) is 47.2 Å². The summed E-state index contributed by atoms with van der Waals surface area (Å²) in [6.07, 6.45) is 8.55. The first kappa shape index (κ1) is 20.2. The van der Waals surface area contributed by atoms with Crippen LogP contribution in [0.2, 0.25) is 0 Å². The number of fused-ring (bicyclic) bond motifs is 4. The predicted octanol–water partition coefficient (Wildman–Crippen LogP) is 7.16. The Hall–Kier alpha value is -2.68. The van der Waals surface area contributed by atoms with Gasteiger partial charge < -0.3 is 4.90 Å². The number of aryl methyl sites for hydroxylation is 2. The van der Waals surface area contributed by atoms with Gasteiger partial charge >= 0.3 is 0 Å². The van der Waals surface area contributed by atoms with Gasteiger partial charge in [-0.05, 0) is 80.4 Å². The van der Waals surface area contributed by atoms with Crippen molar-refractivity contribution in [3.8, 4) is 0 Å². The lowest BCUT2D eigenvalue weighted by Gasteiger charge is -2.32. The lowest BCUT2D eigenvalue weighted by atomic mass is 9.84. The van der Waals surface area contributed by atoms with Crippen molar-refractivity contribution in [2.75, 3.05) is 0 Å². The van der Waals surface area contributed by atoms with Gasteiger partial charge in [-0.2, -0.15) is 0 Å². The maximum absolute atomic E-state index is 14.7. The Balaban J connectivity index is 1.77. The van der Waals surface area contributed by atoms with Crippen LogP contribution in [0.4, 0.5) is 4.39 Å². The summed E-state index contributed by atoms with van der Waals surface area (Å²) in [7, 11) is 0. The van der Waals surface area contributed by atoms with Gasteiger partial charge in [0, 0.05) is 28.6 Å². The van der Waals surface area contributed by atoms with E-state index in [0.717, 1.165) is 66.0 Å². The van der Waals surface area contributed by atoms with Crippen LogP contribution in [0.5, 0.6) is 0 Å². The summed E-state index contributed by atoms with van der Waals surface area (Å²) in [6, 6.07) is 1.64. The smallest absolute Gasteiger partial charge is 0.128 e. The van der Waals surface area contributed by atoms with Crippen LogP contribution in [-0.2, 0) is 19.4 Å². The van der Waals surface area contributed by atoms with Crippen LogP contribution >= 0.6 is 0 Å². The molecule has 0 spiro atoms. The molecule has 160 valence electrons. The molecule has 1 aliphatic carbocycles. The minimum atomic E-state index is -0.133. The van der Waals surface area contributed by atoms with Crippen molar-refractivity contribution >= 4 is 16.6 Å². The van der Waals surface area contributed by atoms with E-state index < -0.39 is 0 Å².